The third kappa shape index (κ3) is 4.99. The zero-order valence-electron chi connectivity index (χ0n) is 30.8. The van der Waals surface area contributed by atoms with Gasteiger partial charge >= 0.3 is 0 Å². The molecule has 0 saturated heterocycles. The summed E-state index contributed by atoms with van der Waals surface area (Å²) < 4.78 is 13.1. The van der Waals surface area contributed by atoms with E-state index in [-0.39, 0.29) is 0 Å². The number of nitrogens with zero attached hydrogens (tertiary/aromatic N) is 1. The number of furan rings is 2. The van der Waals surface area contributed by atoms with E-state index < -0.39 is 0 Å². The van der Waals surface area contributed by atoms with Crippen LogP contribution in [0.4, 0.5) is 17.1 Å². The molecule has 3 nitrogen and oxygen atoms in total. The van der Waals surface area contributed by atoms with Gasteiger partial charge in [-0.05, 0) is 104 Å². The third-order valence-electron chi connectivity index (χ3n) is 11.6. The van der Waals surface area contributed by atoms with Gasteiger partial charge in [-0.15, -0.1) is 0 Å². The minimum Gasteiger partial charge on any atom is -0.456 e. The summed E-state index contributed by atoms with van der Waals surface area (Å²) in [6, 6.07) is 71.6. The zero-order chi connectivity index (χ0) is 37.5. The lowest BCUT2D eigenvalue weighted by molar-refractivity contribution is 0.669. The Balaban J connectivity index is 1.05. The lowest BCUT2D eigenvalue weighted by Crippen LogP contribution is -2.11. The molecule has 0 fully saturated rings. The summed E-state index contributed by atoms with van der Waals surface area (Å²) in [4.78, 5) is 2.39. The van der Waals surface area contributed by atoms with Crippen molar-refractivity contribution in [3.05, 3.63) is 200 Å². The first-order chi connectivity index (χ1) is 28.2. The predicted molar refractivity (Wildman–Crippen MR) is 239 cm³/mol. The van der Waals surface area contributed by atoms with E-state index in [1.54, 1.807) is 0 Å². The maximum absolute atomic E-state index is 6.72. The Morgan fingerprint density at radius 1 is 0.316 bits per heavy atom. The lowest BCUT2D eigenvalue weighted by Gasteiger charge is -2.28. The molecular formula is C54H33NO2. The Bertz CT molecular complexity index is 3530. The molecule has 10 aromatic carbocycles. The van der Waals surface area contributed by atoms with Crippen molar-refractivity contribution in [2.75, 3.05) is 4.90 Å². The summed E-state index contributed by atoms with van der Waals surface area (Å²) in [5.41, 5.74) is 11.2. The van der Waals surface area contributed by atoms with Crippen LogP contribution in [0.15, 0.2) is 209 Å². The van der Waals surface area contributed by atoms with Crippen molar-refractivity contribution in [3.63, 3.8) is 0 Å². The van der Waals surface area contributed by atoms with Gasteiger partial charge in [0.25, 0.3) is 0 Å². The summed E-state index contributed by atoms with van der Waals surface area (Å²) in [6.07, 6.45) is 0. The van der Waals surface area contributed by atoms with Crippen molar-refractivity contribution in [2.24, 2.45) is 0 Å². The predicted octanol–water partition coefficient (Wildman–Crippen LogP) is 15.7. The molecule has 0 saturated carbocycles. The fourth-order valence-electron chi connectivity index (χ4n) is 8.93. The van der Waals surface area contributed by atoms with Gasteiger partial charge in [0.05, 0.1) is 16.8 Å². The Morgan fingerprint density at radius 2 is 0.912 bits per heavy atom. The highest BCUT2D eigenvalue weighted by Crippen LogP contribution is 2.47. The minimum atomic E-state index is 0.852. The van der Waals surface area contributed by atoms with Gasteiger partial charge in [0.15, 0.2) is 0 Å². The van der Waals surface area contributed by atoms with Gasteiger partial charge in [0.2, 0.25) is 0 Å². The molecule has 0 aliphatic rings. The Hall–Kier alpha value is -7.62. The Morgan fingerprint density at radius 3 is 1.81 bits per heavy atom. The molecule has 3 heteroatoms. The highest BCUT2D eigenvalue weighted by atomic mass is 16.3. The van der Waals surface area contributed by atoms with Crippen LogP contribution in [-0.4, -0.2) is 0 Å². The van der Waals surface area contributed by atoms with Crippen LogP contribution in [0.3, 0.4) is 0 Å². The van der Waals surface area contributed by atoms with Gasteiger partial charge in [0, 0.05) is 32.8 Å². The molecule has 57 heavy (non-hydrogen) atoms. The number of hydrogen-bond acceptors (Lipinski definition) is 3. The van der Waals surface area contributed by atoms with Gasteiger partial charge < -0.3 is 13.7 Å². The largest absolute Gasteiger partial charge is 0.456 e. The highest BCUT2D eigenvalue weighted by molar-refractivity contribution is 6.20. The van der Waals surface area contributed by atoms with Crippen molar-refractivity contribution in [2.45, 2.75) is 0 Å². The Labute approximate surface area is 328 Å². The Kier molecular flexibility index (Phi) is 6.93. The van der Waals surface area contributed by atoms with Gasteiger partial charge in [-0.3, -0.25) is 0 Å². The summed E-state index contributed by atoms with van der Waals surface area (Å²) >= 11 is 0. The van der Waals surface area contributed by atoms with Crippen molar-refractivity contribution < 1.29 is 8.83 Å². The SMILES string of the molecule is c1ccc(N(c2ccc(-c3ccc4c(ccc5ccccc54)c3)cc2)c2cccc3oc4c5ccccc5ccc4c23)c(-c2ccc3c(c2)oc2ccccc23)c1. The second kappa shape index (κ2) is 12.5. The number of hydrogen-bond donors (Lipinski definition) is 0. The number of fused-ring (bicyclic) bond motifs is 11. The maximum Gasteiger partial charge on any atom is 0.143 e. The summed E-state index contributed by atoms with van der Waals surface area (Å²) in [5.74, 6) is 0. The lowest BCUT2D eigenvalue weighted by atomic mass is 9.97. The molecule has 12 rings (SSSR count). The molecule has 266 valence electrons. The van der Waals surface area contributed by atoms with Gasteiger partial charge in [-0.25, -0.2) is 0 Å². The van der Waals surface area contributed by atoms with E-state index in [1.165, 1.54) is 27.1 Å². The first-order valence-electron chi connectivity index (χ1n) is 19.4. The van der Waals surface area contributed by atoms with Crippen LogP contribution in [-0.2, 0) is 0 Å². The first kappa shape index (κ1) is 31.7. The topological polar surface area (TPSA) is 29.5 Å². The third-order valence-corrected chi connectivity index (χ3v) is 11.6. The second-order valence-corrected chi connectivity index (χ2v) is 14.8. The molecular weight excluding hydrogens is 695 g/mol. The molecule has 2 heterocycles. The van der Waals surface area contributed by atoms with Gasteiger partial charge in [-0.2, -0.15) is 0 Å². The van der Waals surface area contributed by atoms with Crippen LogP contribution >= 0.6 is 0 Å². The van der Waals surface area contributed by atoms with Crippen molar-refractivity contribution in [1.82, 2.24) is 0 Å². The number of benzene rings is 10. The maximum atomic E-state index is 6.72. The molecule has 0 unspecified atom stereocenters. The molecule has 2 aromatic heterocycles. The number of para-hydroxylation sites is 2. The summed E-state index contributed by atoms with van der Waals surface area (Å²) in [7, 11) is 0. The molecule has 0 N–H and O–H groups in total. The average Bonchev–Trinajstić information content (AvgIpc) is 3.86. The molecule has 0 aliphatic carbocycles. The van der Waals surface area contributed by atoms with Gasteiger partial charge in [-0.1, -0.05) is 140 Å². The summed E-state index contributed by atoms with van der Waals surface area (Å²) in [5, 5.41) is 11.7. The first-order valence-corrected chi connectivity index (χ1v) is 19.4. The molecule has 0 spiro atoms. The molecule has 0 radical (unpaired) electrons. The van der Waals surface area contributed by atoms with Crippen LogP contribution in [0, 0.1) is 0 Å². The van der Waals surface area contributed by atoms with E-state index in [0.717, 1.165) is 88.4 Å². The molecule has 0 atom stereocenters. The van der Waals surface area contributed by atoms with E-state index in [1.807, 2.05) is 12.1 Å². The second-order valence-electron chi connectivity index (χ2n) is 14.8. The van der Waals surface area contributed by atoms with E-state index >= 15 is 0 Å². The smallest absolute Gasteiger partial charge is 0.143 e. The summed E-state index contributed by atoms with van der Waals surface area (Å²) in [6.45, 7) is 0. The highest BCUT2D eigenvalue weighted by Gasteiger charge is 2.23. The van der Waals surface area contributed by atoms with Crippen LogP contribution in [0.5, 0.6) is 0 Å². The minimum absolute atomic E-state index is 0.852. The van der Waals surface area contributed by atoms with Crippen LogP contribution < -0.4 is 4.90 Å². The standard InChI is InChI=1S/C54H33NO2/c1-3-12-41-35(10-1)20-21-38-32-37(25-29-42(38)41)34-22-27-40(28-23-34)55(49-17-9-19-51-53(49)47-31-24-36-11-2-4-14-44(36)54(47)57-51)48-16-7-5-13-43(48)39-26-30-46-45-15-6-8-18-50(45)56-52(46)33-39/h1-33H. The zero-order valence-corrected chi connectivity index (χ0v) is 30.8. The van der Waals surface area contributed by atoms with Crippen molar-refractivity contribution in [1.29, 1.82) is 0 Å². The molecule has 0 bridgehead atoms. The van der Waals surface area contributed by atoms with Gasteiger partial charge in [0.1, 0.15) is 22.3 Å². The van der Waals surface area contributed by atoms with Crippen molar-refractivity contribution >= 4 is 93.3 Å². The average molecular weight is 728 g/mol. The molecule has 0 aliphatic heterocycles. The number of anilines is 3. The van der Waals surface area contributed by atoms with Crippen LogP contribution in [0.2, 0.25) is 0 Å². The van der Waals surface area contributed by atoms with E-state index in [2.05, 4.69) is 193 Å². The molecule has 0 amide bonds. The monoisotopic (exact) mass is 727 g/mol. The quantitative estimate of drug-likeness (QED) is 0.165. The van der Waals surface area contributed by atoms with Crippen LogP contribution in [0.25, 0.3) is 98.4 Å². The van der Waals surface area contributed by atoms with Crippen molar-refractivity contribution in [3.8, 4) is 22.3 Å². The normalized spacial score (nSPS) is 11.9. The van der Waals surface area contributed by atoms with E-state index in [9.17, 15) is 0 Å². The van der Waals surface area contributed by atoms with Crippen LogP contribution in [0.1, 0.15) is 0 Å². The van der Waals surface area contributed by atoms with E-state index in [0.29, 0.717) is 0 Å². The molecule has 12 aromatic rings. The fraction of sp³-hybridized carbons (Fsp3) is 0. The van der Waals surface area contributed by atoms with E-state index in [4.69, 9.17) is 8.83 Å². The fourth-order valence-corrected chi connectivity index (χ4v) is 8.93. The number of rotatable bonds is 5.